The van der Waals surface area contributed by atoms with Gasteiger partial charge in [-0.1, -0.05) is 48.5 Å². The summed E-state index contributed by atoms with van der Waals surface area (Å²) >= 11 is 0. The molecule has 0 aliphatic carbocycles. The lowest BCUT2D eigenvalue weighted by Gasteiger charge is -2.10. The summed E-state index contributed by atoms with van der Waals surface area (Å²) < 4.78 is 5.50. The molecule has 0 atom stereocenters. The number of carbonyl (C=O) groups excluding carboxylic acids is 1. The Balaban J connectivity index is 1.54. The van der Waals surface area contributed by atoms with E-state index in [2.05, 4.69) is 22.4 Å². The van der Waals surface area contributed by atoms with E-state index in [1.807, 2.05) is 54.6 Å². The Hall–Kier alpha value is -3.66. The summed E-state index contributed by atoms with van der Waals surface area (Å²) in [6.07, 6.45) is 1.75. The van der Waals surface area contributed by atoms with Crippen molar-refractivity contribution in [2.24, 2.45) is 0 Å². The zero-order chi connectivity index (χ0) is 18.5. The molecule has 0 radical (unpaired) electrons. The van der Waals surface area contributed by atoms with Crippen LogP contribution in [0.15, 0.2) is 91.1 Å². The van der Waals surface area contributed by atoms with Gasteiger partial charge in [0.05, 0.1) is 5.56 Å². The van der Waals surface area contributed by atoms with Crippen molar-refractivity contribution < 1.29 is 9.53 Å². The number of anilines is 1. The molecule has 0 aliphatic heterocycles. The highest BCUT2D eigenvalue weighted by Crippen LogP contribution is 2.26. The Morgan fingerprint density at radius 3 is 2.41 bits per heavy atom. The highest BCUT2D eigenvalue weighted by molar-refractivity contribution is 5.94. The number of hydrogen-bond donors (Lipinski definition) is 1. The maximum Gasteiger partial charge on any atom is 0.343 e. The van der Waals surface area contributed by atoms with Crippen LogP contribution in [0.5, 0.6) is 5.75 Å². The largest absolute Gasteiger partial charge is 0.423 e. The molecule has 132 valence electrons. The van der Waals surface area contributed by atoms with Crippen molar-refractivity contribution in [3.63, 3.8) is 0 Å². The third-order valence-electron chi connectivity index (χ3n) is 4.26. The molecule has 0 unspecified atom stereocenters. The van der Waals surface area contributed by atoms with Gasteiger partial charge in [0.25, 0.3) is 0 Å². The average molecular weight is 354 g/mol. The van der Waals surface area contributed by atoms with E-state index in [4.69, 9.17) is 4.74 Å². The van der Waals surface area contributed by atoms with Gasteiger partial charge in [0, 0.05) is 18.1 Å². The number of carbonyl (C=O) groups is 1. The molecule has 4 heteroatoms. The Kier molecular flexibility index (Phi) is 4.79. The van der Waals surface area contributed by atoms with Crippen LogP contribution in [0.25, 0.3) is 10.8 Å². The number of esters is 1. The topological polar surface area (TPSA) is 51.2 Å². The maximum atomic E-state index is 12.2. The normalized spacial score (nSPS) is 10.5. The summed E-state index contributed by atoms with van der Waals surface area (Å²) in [5.41, 5.74) is 1.71. The minimum atomic E-state index is -0.369. The zero-order valence-corrected chi connectivity index (χ0v) is 14.6. The molecular weight excluding hydrogens is 336 g/mol. The van der Waals surface area contributed by atoms with E-state index in [0.717, 1.165) is 16.6 Å². The molecule has 3 aromatic carbocycles. The second-order valence-corrected chi connectivity index (χ2v) is 6.14. The van der Waals surface area contributed by atoms with Gasteiger partial charge in [-0.15, -0.1) is 0 Å². The van der Waals surface area contributed by atoms with Crippen LogP contribution in [0.2, 0.25) is 0 Å². The molecule has 27 heavy (non-hydrogen) atoms. The van der Waals surface area contributed by atoms with Crippen LogP contribution in [-0.2, 0) is 6.54 Å². The van der Waals surface area contributed by atoms with Crippen LogP contribution in [0.1, 0.15) is 15.9 Å². The first kappa shape index (κ1) is 16.8. The van der Waals surface area contributed by atoms with Crippen molar-refractivity contribution in [3.8, 4) is 5.75 Å². The maximum absolute atomic E-state index is 12.2. The van der Waals surface area contributed by atoms with Gasteiger partial charge in [0.15, 0.2) is 0 Å². The Bertz CT molecular complexity index is 1060. The van der Waals surface area contributed by atoms with E-state index in [1.54, 1.807) is 24.4 Å². The molecule has 0 saturated carbocycles. The van der Waals surface area contributed by atoms with Gasteiger partial charge in [-0.25, -0.2) is 9.78 Å². The van der Waals surface area contributed by atoms with Crippen molar-refractivity contribution in [3.05, 3.63) is 102 Å². The molecular formula is C23H18N2O2. The van der Waals surface area contributed by atoms with Gasteiger partial charge in [0.2, 0.25) is 0 Å². The van der Waals surface area contributed by atoms with Crippen LogP contribution in [-0.4, -0.2) is 11.0 Å². The predicted octanol–water partition coefficient (Wildman–Crippen LogP) is 5.07. The number of fused-ring (bicyclic) bond motifs is 1. The van der Waals surface area contributed by atoms with Crippen LogP contribution >= 0.6 is 0 Å². The lowest BCUT2D eigenvalue weighted by Crippen LogP contribution is -2.08. The second-order valence-electron chi connectivity index (χ2n) is 6.14. The molecule has 4 nitrogen and oxygen atoms in total. The fraction of sp³-hybridized carbons (Fsp3) is 0.0435. The summed E-state index contributed by atoms with van der Waals surface area (Å²) in [4.78, 5) is 16.7. The van der Waals surface area contributed by atoms with Gasteiger partial charge >= 0.3 is 5.97 Å². The molecule has 0 spiro atoms. The molecule has 0 bridgehead atoms. The van der Waals surface area contributed by atoms with E-state index in [9.17, 15) is 4.79 Å². The molecule has 0 aliphatic rings. The van der Waals surface area contributed by atoms with Gasteiger partial charge in [-0.2, -0.15) is 0 Å². The zero-order valence-electron chi connectivity index (χ0n) is 14.6. The monoisotopic (exact) mass is 354 g/mol. The minimum absolute atomic E-state index is 0.369. The molecule has 4 aromatic rings. The number of nitrogens with zero attached hydrogens (tertiary/aromatic N) is 1. The third kappa shape index (κ3) is 3.96. The van der Waals surface area contributed by atoms with Crippen LogP contribution in [0, 0.1) is 0 Å². The van der Waals surface area contributed by atoms with Gasteiger partial charge in [-0.3, -0.25) is 0 Å². The summed E-state index contributed by atoms with van der Waals surface area (Å²) in [5, 5.41) is 5.31. The lowest BCUT2D eigenvalue weighted by atomic mass is 10.1. The number of pyridine rings is 1. The van der Waals surface area contributed by atoms with E-state index < -0.39 is 0 Å². The highest BCUT2D eigenvalue weighted by Gasteiger charge is 2.09. The first-order chi connectivity index (χ1) is 13.3. The predicted molar refractivity (Wildman–Crippen MR) is 107 cm³/mol. The Morgan fingerprint density at radius 2 is 1.63 bits per heavy atom. The first-order valence-corrected chi connectivity index (χ1v) is 8.73. The molecule has 4 rings (SSSR count). The van der Waals surface area contributed by atoms with Gasteiger partial charge in [-0.05, 0) is 47.3 Å². The third-order valence-corrected chi connectivity index (χ3v) is 4.26. The highest BCUT2D eigenvalue weighted by atomic mass is 16.5. The first-order valence-electron chi connectivity index (χ1n) is 8.73. The lowest BCUT2D eigenvalue weighted by molar-refractivity contribution is 0.0735. The number of ether oxygens (including phenoxy) is 1. The van der Waals surface area contributed by atoms with Crippen molar-refractivity contribution in [1.29, 1.82) is 0 Å². The summed E-state index contributed by atoms with van der Waals surface area (Å²) in [5.74, 6) is 0.945. The molecule has 0 amide bonds. The smallest absolute Gasteiger partial charge is 0.343 e. The van der Waals surface area contributed by atoms with E-state index >= 15 is 0 Å². The summed E-state index contributed by atoms with van der Waals surface area (Å²) in [6, 6.07) is 26.6. The number of nitrogens with one attached hydrogen (secondary N) is 1. The Labute approximate surface area is 157 Å². The molecule has 0 saturated heterocycles. The summed E-state index contributed by atoms with van der Waals surface area (Å²) in [6.45, 7) is 0.692. The molecule has 1 aromatic heterocycles. The van der Waals surface area contributed by atoms with Crippen LogP contribution in [0.3, 0.4) is 0 Å². The van der Waals surface area contributed by atoms with Gasteiger partial charge < -0.3 is 10.1 Å². The fourth-order valence-corrected chi connectivity index (χ4v) is 2.88. The van der Waals surface area contributed by atoms with E-state index in [1.165, 1.54) is 5.56 Å². The number of rotatable bonds is 5. The quantitative estimate of drug-likeness (QED) is 0.402. The number of hydrogen-bond acceptors (Lipinski definition) is 4. The fourth-order valence-electron chi connectivity index (χ4n) is 2.88. The Morgan fingerprint density at radius 1 is 0.889 bits per heavy atom. The van der Waals surface area contributed by atoms with Crippen molar-refractivity contribution in [1.82, 2.24) is 4.98 Å². The molecule has 1 N–H and O–H groups in total. The van der Waals surface area contributed by atoms with Crippen molar-refractivity contribution >= 4 is 22.6 Å². The molecule has 0 fully saturated rings. The van der Waals surface area contributed by atoms with Crippen molar-refractivity contribution in [2.75, 3.05) is 5.32 Å². The summed E-state index contributed by atoms with van der Waals surface area (Å²) in [7, 11) is 0. The van der Waals surface area contributed by atoms with Crippen LogP contribution < -0.4 is 10.1 Å². The van der Waals surface area contributed by atoms with E-state index in [0.29, 0.717) is 17.9 Å². The van der Waals surface area contributed by atoms with E-state index in [-0.39, 0.29) is 5.97 Å². The average Bonchev–Trinajstić information content (AvgIpc) is 2.73. The van der Waals surface area contributed by atoms with Crippen molar-refractivity contribution in [2.45, 2.75) is 6.54 Å². The minimum Gasteiger partial charge on any atom is -0.423 e. The standard InChI is InChI=1S/C23H18N2O2/c26-23(18-9-5-2-6-10-18)27-20-11-12-21-19(15-20)13-14-24-22(21)25-16-17-7-3-1-4-8-17/h1-15H,16H2,(H,24,25). The number of aromatic nitrogens is 1. The number of benzene rings is 3. The van der Waals surface area contributed by atoms with Crippen LogP contribution in [0.4, 0.5) is 5.82 Å². The molecule has 1 heterocycles. The van der Waals surface area contributed by atoms with Gasteiger partial charge in [0.1, 0.15) is 11.6 Å². The SMILES string of the molecule is O=C(Oc1ccc2c(NCc3ccccc3)nccc2c1)c1ccccc1. The second kappa shape index (κ2) is 7.70.